The number of hydrogen-bond acceptors (Lipinski definition) is 3. The van der Waals surface area contributed by atoms with Crippen LogP contribution in [0.1, 0.15) is 5.56 Å². The van der Waals surface area contributed by atoms with Crippen LogP contribution in [0.2, 0.25) is 0 Å². The summed E-state index contributed by atoms with van der Waals surface area (Å²) in [5.74, 6) is 0.848. The Morgan fingerprint density at radius 2 is 2.29 bits per heavy atom. The van der Waals surface area contributed by atoms with E-state index in [2.05, 4.69) is 22.0 Å². The molecular formula is C10H6BrNOS. The summed E-state index contributed by atoms with van der Waals surface area (Å²) in [6, 6.07) is 5.79. The van der Waals surface area contributed by atoms with Crippen molar-refractivity contribution in [3.63, 3.8) is 0 Å². The summed E-state index contributed by atoms with van der Waals surface area (Å²) in [7, 11) is 1.64. The fourth-order valence-electron chi connectivity index (χ4n) is 1.30. The van der Waals surface area contributed by atoms with E-state index < -0.39 is 0 Å². The van der Waals surface area contributed by atoms with Gasteiger partial charge in [-0.15, -0.1) is 11.3 Å². The van der Waals surface area contributed by atoms with Crippen LogP contribution < -0.4 is 4.74 Å². The van der Waals surface area contributed by atoms with Gasteiger partial charge in [0.15, 0.2) is 0 Å². The van der Waals surface area contributed by atoms with Crippen LogP contribution in [-0.2, 0) is 0 Å². The molecular weight excluding hydrogens is 262 g/mol. The summed E-state index contributed by atoms with van der Waals surface area (Å²) in [5, 5.41) is 11.8. The van der Waals surface area contributed by atoms with Crippen molar-refractivity contribution >= 4 is 37.4 Å². The molecule has 0 spiro atoms. The zero-order valence-electron chi connectivity index (χ0n) is 7.37. The van der Waals surface area contributed by atoms with Crippen molar-refractivity contribution in [1.82, 2.24) is 0 Å². The van der Waals surface area contributed by atoms with Crippen LogP contribution in [0, 0.1) is 11.3 Å². The molecule has 2 nitrogen and oxygen atoms in total. The molecule has 1 aromatic carbocycles. The quantitative estimate of drug-likeness (QED) is 0.792. The first-order chi connectivity index (χ1) is 6.76. The van der Waals surface area contributed by atoms with Crippen LogP contribution in [0.15, 0.2) is 22.0 Å². The maximum absolute atomic E-state index is 8.79. The highest BCUT2D eigenvalue weighted by Crippen LogP contribution is 2.38. The average molecular weight is 268 g/mol. The number of rotatable bonds is 1. The molecule has 0 bridgehead atoms. The summed E-state index contributed by atoms with van der Waals surface area (Å²) >= 11 is 5.01. The van der Waals surface area contributed by atoms with Gasteiger partial charge in [0, 0.05) is 19.9 Å². The van der Waals surface area contributed by atoms with Crippen LogP contribution in [-0.4, -0.2) is 7.11 Å². The lowest BCUT2D eigenvalue weighted by molar-refractivity contribution is 0.421. The zero-order valence-corrected chi connectivity index (χ0v) is 9.78. The highest BCUT2D eigenvalue weighted by atomic mass is 79.9. The first kappa shape index (κ1) is 9.50. The Morgan fingerprint density at radius 1 is 1.50 bits per heavy atom. The minimum atomic E-state index is 0.661. The molecule has 0 atom stereocenters. The predicted octanol–water partition coefficient (Wildman–Crippen LogP) is 3.54. The molecule has 0 saturated heterocycles. The fourth-order valence-corrected chi connectivity index (χ4v) is 3.06. The Morgan fingerprint density at radius 3 is 2.93 bits per heavy atom. The molecule has 0 N–H and O–H groups in total. The van der Waals surface area contributed by atoms with Gasteiger partial charge in [-0.3, -0.25) is 0 Å². The largest absolute Gasteiger partial charge is 0.495 e. The smallest absolute Gasteiger partial charge is 0.138 e. The van der Waals surface area contributed by atoms with Crippen molar-refractivity contribution in [2.45, 2.75) is 0 Å². The SMILES string of the molecule is COc1csc2cc(C#N)cc(Br)c12. The van der Waals surface area contributed by atoms with Gasteiger partial charge in [-0.2, -0.15) is 5.26 Å². The van der Waals surface area contributed by atoms with Gasteiger partial charge >= 0.3 is 0 Å². The molecule has 1 heterocycles. The third-order valence-corrected chi connectivity index (χ3v) is 3.48. The molecule has 0 unspecified atom stereocenters. The minimum absolute atomic E-state index is 0.661. The molecule has 0 radical (unpaired) electrons. The number of thiophene rings is 1. The summed E-state index contributed by atoms with van der Waals surface area (Å²) < 4.78 is 7.19. The van der Waals surface area contributed by atoms with Crippen molar-refractivity contribution < 1.29 is 4.74 Å². The normalized spacial score (nSPS) is 10.1. The third-order valence-electron chi connectivity index (χ3n) is 1.94. The van der Waals surface area contributed by atoms with Gasteiger partial charge in [0.05, 0.1) is 18.7 Å². The van der Waals surface area contributed by atoms with E-state index >= 15 is 0 Å². The van der Waals surface area contributed by atoms with E-state index in [4.69, 9.17) is 10.00 Å². The molecule has 4 heteroatoms. The van der Waals surface area contributed by atoms with Crippen LogP contribution in [0.25, 0.3) is 10.1 Å². The molecule has 2 rings (SSSR count). The van der Waals surface area contributed by atoms with Crippen molar-refractivity contribution in [3.05, 3.63) is 27.5 Å². The van der Waals surface area contributed by atoms with Crippen molar-refractivity contribution in [2.24, 2.45) is 0 Å². The van der Waals surface area contributed by atoms with Gasteiger partial charge in [-0.25, -0.2) is 0 Å². The maximum Gasteiger partial charge on any atom is 0.138 e. The summed E-state index contributed by atoms with van der Waals surface area (Å²) in [6.07, 6.45) is 0. The van der Waals surface area contributed by atoms with Crippen LogP contribution in [0.3, 0.4) is 0 Å². The van der Waals surface area contributed by atoms with E-state index in [1.165, 1.54) is 0 Å². The molecule has 2 aromatic rings. The Labute approximate surface area is 93.9 Å². The fraction of sp³-hybridized carbons (Fsp3) is 0.100. The molecule has 0 fully saturated rings. The topological polar surface area (TPSA) is 33.0 Å². The van der Waals surface area contributed by atoms with E-state index in [-0.39, 0.29) is 0 Å². The highest BCUT2D eigenvalue weighted by Gasteiger charge is 2.09. The predicted molar refractivity (Wildman–Crippen MR) is 60.8 cm³/mol. The lowest BCUT2D eigenvalue weighted by atomic mass is 10.2. The number of methoxy groups -OCH3 is 1. The van der Waals surface area contributed by atoms with E-state index in [1.807, 2.05) is 11.4 Å². The van der Waals surface area contributed by atoms with E-state index in [9.17, 15) is 0 Å². The van der Waals surface area contributed by atoms with Gasteiger partial charge in [0.2, 0.25) is 0 Å². The molecule has 1 aromatic heterocycles. The number of halogens is 1. The van der Waals surface area contributed by atoms with E-state index in [0.29, 0.717) is 5.56 Å². The zero-order chi connectivity index (χ0) is 10.1. The van der Waals surface area contributed by atoms with E-state index in [1.54, 1.807) is 24.5 Å². The van der Waals surface area contributed by atoms with Crippen molar-refractivity contribution in [3.8, 4) is 11.8 Å². The molecule has 0 saturated carbocycles. The van der Waals surface area contributed by atoms with Crippen molar-refractivity contribution in [2.75, 3.05) is 7.11 Å². The molecule has 0 aliphatic rings. The molecule has 0 amide bonds. The maximum atomic E-state index is 8.79. The van der Waals surface area contributed by atoms with Gasteiger partial charge in [0.1, 0.15) is 5.75 Å². The first-order valence-electron chi connectivity index (χ1n) is 3.91. The number of hydrogen-bond donors (Lipinski definition) is 0. The van der Waals surface area contributed by atoms with Crippen molar-refractivity contribution in [1.29, 1.82) is 5.26 Å². The monoisotopic (exact) mass is 267 g/mol. The number of fused-ring (bicyclic) bond motifs is 1. The molecule has 0 aliphatic heterocycles. The van der Waals surface area contributed by atoms with Gasteiger partial charge in [-0.05, 0) is 28.1 Å². The molecule has 0 aliphatic carbocycles. The van der Waals surface area contributed by atoms with Crippen LogP contribution in [0.4, 0.5) is 0 Å². The molecule has 14 heavy (non-hydrogen) atoms. The number of nitrogens with zero attached hydrogens (tertiary/aromatic N) is 1. The Balaban J connectivity index is 2.80. The number of nitriles is 1. The summed E-state index contributed by atoms with van der Waals surface area (Å²) in [5.41, 5.74) is 0.661. The van der Waals surface area contributed by atoms with Crippen LogP contribution >= 0.6 is 27.3 Å². The minimum Gasteiger partial charge on any atom is -0.495 e. The third kappa shape index (κ3) is 1.39. The van der Waals surface area contributed by atoms with Gasteiger partial charge in [0.25, 0.3) is 0 Å². The van der Waals surface area contributed by atoms with E-state index in [0.717, 1.165) is 20.3 Å². The standard InChI is InChI=1S/C10H6BrNOS/c1-13-8-5-14-9-3-6(4-12)2-7(11)10(8)9/h2-3,5H,1H3. The second kappa shape index (κ2) is 3.60. The van der Waals surface area contributed by atoms with Crippen LogP contribution in [0.5, 0.6) is 5.75 Å². The highest BCUT2D eigenvalue weighted by molar-refractivity contribution is 9.10. The Bertz CT molecular complexity index is 527. The second-order valence-electron chi connectivity index (χ2n) is 2.75. The Hall–Kier alpha value is -1.05. The Kier molecular flexibility index (Phi) is 2.44. The lowest BCUT2D eigenvalue weighted by Crippen LogP contribution is -1.81. The molecule has 70 valence electrons. The first-order valence-corrected chi connectivity index (χ1v) is 5.58. The lowest BCUT2D eigenvalue weighted by Gasteiger charge is -1.99. The summed E-state index contributed by atoms with van der Waals surface area (Å²) in [4.78, 5) is 0. The summed E-state index contributed by atoms with van der Waals surface area (Å²) in [6.45, 7) is 0. The average Bonchev–Trinajstić information content (AvgIpc) is 2.61. The number of benzene rings is 1. The van der Waals surface area contributed by atoms with Gasteiger partial charge < -0.3 is 4.74 Å². The number of ether oxygens (including phenoxy) is 1. The second-order valence-corrected chi connectivity index (χ2v) is 4.51. The van der Waals surface area contributed by atoms with Gasteiger partial charge in [-0.1, -0.05) is 0 Å².